The van der Waals surface area contributed by atoms with Gasteiger partial charge in [0.2, 0.25) is 0 Å². The predicted octanol–water partition coefficient (Wildman–Crippen LogP) is 2.25. The molecule has 2 aromatic rings. The highest BCUT2D eigenvalue weighted by molar-refractivity contribution is 6.30. The Bertz CT molecular complexity index is 447. The van der Waals surface area contributed by atoms with Crippen LogP contribution < -0.4 is 0 Å². The molecule has 0 aliphatic heterocycles. The van der Waals surface area contributed by atoms with Gasteiger partial charge in [-0.2, -0.15) is 5.10 Å². The molecule has 0 fully saturated rings. The highest BCUT2D eigenvalue weighted by Gasteiger charge is 2.08. The van der Waals surface area contributed by atoms with Gasteiger partial charge in [0.1, 0.15) is 5.15 Å². The Kier molecular flexibility index (Phi) is 1.96. The number of hydrogen-bond acceptors (Lipinski definition) is 2. The maximum atomic E-state index is 6.11. The lowest BCUT2D eigenvalue weighted by atomic mass is 10.2. The molecular formula is C9H10ClN3. The van der Waals surface area contributed by atoms with Crippen LogP contribution in [0.4, 0.5) is 0 Å². The lowest BCUT2D eigenvalue weighted by Crippen LogP contribution is -2.00. The fourth-order valence-corrected chi connectivity index (χ4v) is 1.62. The smallest absolute Gasteiger partial charge is 0.156 e. The molecule has 0 aliphatic carbocycles. The van der Waals surface area contributed by atoms with Crippen LogP contribution in [0.15, 0.2) is 12.3 Å². The summed E-state index contributed by atoms with van der Waals surface area (Å²) in [4.78, 5) is 4.43. The second kappa shape index (κ2) is 3.00. The lowest BCUT2D eigenvalue weighted by Gasteiger charge is -2.05. The molecule has 3 nitrogen and oxygen atoms in total. The number of nitrogens with zero attached hydrogens (tertiary/aromatic N) is 3. The predicted molar refractivity (Wildman–Crippen MR) is 52.1 cm³/mol. The normalized spacial score (nSPS) is 11.0. The van der Waals surface area contributed by atoms with E-state index in [1.807, 2.05) is 13.0 Å². The lowest BCUT2D eigenvalue weighted by molar-refractivity contribution is 0.895. The SMILES string of the molecule is CCc1nc2ccnn2c(Cl)c1C. The topological polar surface area (TPSA) is 30.2 Å². The van der Waals surface area contributed by atoms with Crippen molar-refractivity contribution in [2.75, 3.05) is 0 Å². The fraction of sp³-hybridized carbons (Fsp3) is 0.333. The van der Waals surface area contributed by atoms with Gasteiger partial charge in [-0.1, -0.05) is 18.5 Å². The van der Waals surface area contributed by atoms with Crippen LogP contribution in [0.3, 0.4) is 0 Å². The van der Waals surface area contributed by atoms with E-state index < -0.39 is 0 Å². The first-order chi connectivity index (χ1) is 6.24. The van der Waals surface area contributed by atoms with Crippen LogP contribution in [-0.2, 0) is 6.42 Å². The van der Waals surface area contributed by atoms with Crippen LogP contribution >= 0.6 is 11.6 Å². The molecule has 0 N–H and O–H groups in total. The van der Waals surface area contributed by atoms with Crippen molar-refractivity contribution in [2.45, 2.75) is 20.3 Å². The Morgan fingerprint density at radius 1 is 1.54 bits per heavy atom. The maximum Gasteiger partial charge on any atom is 0.156 e. The van der Waals surface area contributed by atoms with Crippen LogP contribution in [0.5, 0.6) is 0 Å². The fourth-order valence-electron chi connectivity index (χ4n) is 1.38. The van der Waals surface area contributed by atoms with Crippen molar-refractivity contribution >= 4 is 17.2 Å². The molecule has 0 unspecified atom stereocenters. The second-order valence-corrected chi connectivity index (χ2v) is 3.29. The van der Waals surface area contributed by atoms with Crippen molar-refractivity contribution in [3.05, 3.63) is 28.7 Å². The summed E-state index contributed by atoms with van der Waals surface area (Å²) in [7, 11) is 0. The van der Waals surface area contributed by atoms with E-state index in [1.54, 1.807) is 10.7 Å². The summed E-state index contributed by atoms with van der Waals surface area (Å²) in [5.41, 5.74) is 2.87. The minimum atomic E-state index is 0.659. The quantitative estimate of drug-likeness (QED) is 0.654. The van der Waals surface area contributed by atoms with Gasteiger partial charge in [0, 0.05) is 17.3 Å². The zero-order chi connectivity index (χ0) is 9.42. The zero-order valence-electron chi connectivity index (χ0n) is 7.58. The molecule has 0 radical (unpaired) electrons. The minimum Gasteiger partial charge on any atom is -0.233 e. The second-order valence-electron chi connectivity index (χ2n) is 2.93. The van der Waals surface area contributed by atoms with Gasteiger partial charge in [-0.25, -0.2) is 9.50 Å². The third-order valence-corrected chi connectivity index (χ3v) is 2.58. The van der Waals surface area contributed by atoms with Gasteiger partial charge >= 0.3 is 0 Å². The Balaban J connectivity index is 2.83. The summed E-state index contributed by atoms with van der Waals surface area (Å²) in [6.07, 6.45) is 2.60. The van der Waals surface area contributed by atoms with Gasteiger partial charge in [0.15, 0.2) is 5.65 Å². The Morgan fingerprint density at radius 2 is 2.31 bits per heavy atom. The molecule has 0 spiro atoms. The van der Waals surface area contributed by atoms with Gasteiger partial charge in [0.25, 0.3) is 0 Å². The Labute approximate surface area is 81.4 Å². The number of halogens is 1. The Hall–Kier alpha value is -1.09. The number of aromatic nitrogens is 3. The zero-order valence-corrected chi connectivity index (χ0v) is 8.34. The molecular weight excluding hydrogens is 186 g/mol. The number of hydrogen-bond donors (Lipinski definition) is 0. The van der Waals surface area contributed by atoms with Crippen LogP contribution in [-0.4, -0.2) is 14.6 Å². The number of aryl methyl sites for hydroxylation is 1. The number of rotatable bonds is 1. The molecule has 68 valence electrons. The summed E-state index contributed by atoms with van der Waals surface area (Å²) in [6, 6.07) is 1.85. The van der Waals surface area contributed by atoms with E-state index in [4.69, 9.17) is 11.6 Å². The molecule has 0 amide bonds. The van der Waals surface area contributed by atoms with E-state index in [0.29, 0.717) is 5.15 Å². The average molecular weight is 196 g/mol. The van der Waals surface area contributed by atoms with E-state index in [2.05, 4.69) is 17.0 Å². The maximum absolute atomic E-state index is 6.11. The van der Waals surface area contributed by atoms with E-state index in [-0.39, 0.29) is 0 Å². The first kappa shape index (κ1) is 8.51. The first-order valence-electron chi connectivity index (χ1n) is 4.22. The van der Waals surface area contributed by atoms with Crippen LogP contribution in [0.2, 0.25) is 5.15 Å². The molecule has 0 aliphatic rings. The van der Waals surface area contributed by atoms with Crippen LogP contribution in [0.25, 0.3) is 5.65 Å². The summed E-state index contributed by atoms with van der Waals surface area (Å²) in [5, 5.41) is 4.74. The van der Waals surface area contributed by atoms with Crippen molar-refractivity contribution in [3.63, 3.8) is 0 Å². The summed E-state index contributed by atoms with van der Waals surface area (Å²) in [5.74, 6) is 0. The molecule has 13 heavy (non-hydrogen) atoms. The van der Waals surface area contributed by atoms with Crippen LogP contribution in [0, 0.1) is 6.92 Å². The molecule has 0 saturated heterocycles. The summed E-state index contributed by atoms with van der Waals surface area (Å²) in [6.45, 7) is 4.04. The third kappa shape index (κ3) is 1.20. The van der Waals surface area contributed by atoms with E-state index >= 15 is 0 Å². The average Bonchev–Trinajstić information content (AvgIpc) is 2.59. The van der Waals surface area contributed by atoms with Crippen molar-refractivity contribution in [1.82, 2.24) is 14.6 Å². The molecule has 0 bridgehead atoms. The molecule has 0 atom stereocenters. The Morgan fingerprint density at radius 3 is 3.00 bits per heavy atom. The molecule has 0 aromatic carbocycles. The monoisotopic (exact) mass is 195 g/mol. The summed E-state index contributed by atoms with van der Waals surface area (Å²) >= 11 is 6.11. The van der Waals surface area contributed by atoms with E-state index in [1.165, 1.54) is 0 Å². The van der Waals surface area contributed by atoms with Crippen molar-refractivity contribution < 1.29 is 0 Å². The molecule has 0 saturated carbocycles. The highest BCUT2D eigenvalue weighted by atomic mass is 35.5. The van der Waals surface area contributed by atoms with Gasteiger partial charge in [-0.15, -0.1) is 0 Å². The van der Waals surface area contributed by atoms with Crippen molar-refractivity contribution in [3.8, 4) is 0 Å². The van der Waals surface area contributed by atoms with Crippen molar-refractivity contribution in [1.29, 1.82) is 0 Å². The standard InChI is InChI=1S/C9H10ClN3/c1-3-7-6(2)9(10)13-8(12-7)4-5-11-13/h4-5H,3H2,1-2H3. The molecule has 4 heteroatoms. The van der Waals surface area contributed by atoms with Gasteiger partial charge < -0.3 is 0 Å². The molecule has 2 rings (SSSR count). The largest absolute Gasteiger partial charge is 0.233 e. The first-order valence-corrected chi connectivity index (χ1v) is 4.60. The summed E-state index contributed by atoms with van der Waals surface area (Å²) < 4.78 is 1.65. The van der Waals surface area contributed by atoms with Gasteiger partial charge in [-0.05, 0) is 13.3 Å². The number of fused-ring (bicyclic) bond motifs is 1. The van der Waals surface area contributed by atoms with E-state index in [9.17, 15) is 0 Å². The molecule has 2 aromatic heterocycles. The highest BCUT2D eigenvalue weighted by Crippen LogP contribution is 2.19. The minimum absolute atomic E-state index is 0.659. The van der Waals surface area contributed by atoms with Crippen LogP contribution in [0.1, 0.15) is 18.2 Å². The van der Waals surface area contributed by atoms with Gasteiger partial charge in [-0.3, -0.25) is 0 Å². The van der Waals surface area contributed by atoms with Gasteiger partial charge in [0.05, 0.1) is 6.20 Å². The van der Waals surface area contributed by atoms with E-state index in [0.717, 1.165) is 23.3 Å². The van der Waals surface area contributed by atoms with Crippen molar-refractivity contribution in [2.24, 2.45) is 0 Å². The molecule has 2 heterocycles. The third-order valence-electron chi connectivity index (χ3n) is 2.14.